The third kappa shape index (κ3) is 4.68. The highest BCUT2D eigenvalue weighted by molar-refractivity contribution is 6.05. The summed E-state index contributed by atoms with van der Waals surface area (Å²) < 4.78 is 0. The number of hydrogen-bond donors (Lipinski definition) is 2. The minimum Gasteiger partial charge on any atom is -0.326 e. The Bertz CT molecular complexity index is 713. The average Bonchev–Trinajstić information content (AvgIpc) is 2.49. The van der Waals surface area contributed by atoms with Crippen molar-refractivity contribution in [1.82, 2.24) is 0 Å². The predicted molar refractivity (Wildman–Crippen MR) is 93.7 cm³/mol. The smallest absolute Gasteiger partial charge is 0.255 e. The van der Waals surface area contributed by atoms with E-state index < -0.39 is 5.41 Å². The zero-order chi connectivity index (χ0) is 17.0. The first-order valence-electron chi connectivity index (χ1n) is 7.55. The van der Waals surface area contributed by atoms with Crippen molar-refractivity contribution >= 4 is 23.2 Å². The molecule has 0 fully saturated rings. The predicted octanol–water partition coefficient (Wildman–Crippen LogP) is 4.23. The molecule has 0 spiro atoms. The molecule has 0 heterocycles. The van der Waals surface area contributed by atoms with Crippen LogP contribution in [0, 0.1) is 12.3 Å². The second-order valence-corrected chi connectivity index (χ2v) is 6.61. The van der Waals surface area contributed by atoms with Gasteiger partial charge in [0.15, 0.2) is 0 Å². The van der Waals surface area contributed by atoms with Crippen LogP contribution in [0.5, 0.6) is 0 Å². The lowest BCUT2D eigenvalue weighted by molar-refractivity contribution is -0.123. The van der Waals surface area contributed by atoms with E-state index in [4.69, 9.17) is 0 Å². The molecule has 4 nitrogen and oxygen atoms in total. The van der Waals surface area contributed by atoms with E-state index in [0.717, 1.165) is 11.3 Å². The molecule has 0 saturated carbocycles. The molecule has 2 aromatic rings. The lowest BCUT2D eigenvalue weighted by atomic mass is 9.95. The molecule has 0 aliphatic heterocycles. The van der Waals surface area contributed by atoms with Crippen LogP contribution in [0.15, 0.2) is 48.5 Å². The van der Waals surface area contributed by atoms with Crippen LogP contribution in [0.25, 0.3) is 0 Å². The van der Waals surface area contributed by atoms with Crippen LogP contribution in [0.4, 0.5) is 11.4 Å². The summed E-state index contributed by atoms with van der Waals surface area (Å²) in [6.07, 6.45) is 0. The van der Waals surface area contributed by atoms with E-state index in [1.165, 1.54) is 0 Å². The number of carbonyl (C=O) groups is 2. The fourth-order valence-corrected chi connectivity index (χ4v) is 1.90. The molecule has 23 heavy (non-hydrogen) atoms. The number of aryl methyl sites for hydroxylation is 1. The Balaban J connectivity index is 2.11. The summed E-state index contributed by atoms with van der Waals surface area (Å²) in [5, 5.41) is 5.67. The molecule has 0 aromatic heterocycles. The first-order valence-corrected chi connectivity index (χ1v) is 7.55. The van der Waals surface area contributed by atoms with Crippen LogP contribution in [-0.2, 0) is 4.79 Å². The monoisotopic (exact) mass is 310 g/mol. The van der Waals surface area contributed by atoms with Gasteiger partial charge < -0.3 is 10.6 Å². The number of benzene rings is 2. The van der Waals surface area contributed by atoms with Gasteiger partial charge in [-0.1, -0.05) is 44.5 Å². The number of carbonyl (C=O) groups excluding carboxylic acids is 2. The summed E-state index contributed by atoms with van der Waals surface area (Å²) in [5.41, 5.74) is 2.50. The fourth-order valence-electron chi connectivity index (χ4n) is 1.90. The van der Waals surface area contributed by atoms with Gasteiger partial charge in [0.25, 0.3) is 5.91 Å². The van der Waals surface area contributed by atoms with Crippen molar-refractivity contribution in [3.8, 4) is 0 Å². The maximum atomic E-state index is 12.3. The maximum absolute atomic E-state index is 12.3. The number of rotatable bonds is 3. The van der Waals surface area contributed by atoms with Crippen molar-refractivity contribution in [1.29, 1.82) is 0 Å². The van der Waals surface area contributed by atoms with Gasteiger partial charge in [0.2, 0.25) is 5.91 Å². The summed E-state index contributed by atoms with van der Waals surface area (Å²) in [6, 6.07) is 14.5. The molecule has 120 valence electrons. The minimum atomic E-state index is -0.486. The van der Waals surface area contributed by atoms with Crippen LogP contribution >= 0.6 is 0 Å². The van der Waals surface area contributed by atoms with Gasteiger partial charge in [0.05, 0.1) is 0 Å². The molecular formula is C19H22N2O2. The van der Waals surface area contributed by atoms with Crippen molar-refractivity contribution in [3.05, 3.63) is 59.7 Å². The SMILES string of the molecule is Cc1ccc(NC(=O)c2cccc(NC(=O)C(C)(C)C)c2)cc1. The van der Waals surface area contributed by atoms with E-state index >= 15 is 0 Å². The Labute approximate surface area is 136 Å². The van der Waals surface area contributed by atoms with Crippen molar-refractivity contribution < 1.29 is 9.59 Å². The normalized spacial score (nSPS) is 11.0. The highest BCUT2D eigenvalue weighted by Gasteiger charge is 2.21. The Morgan fingerprint density at radius 1 is 0.870 bits per heavy atom. The van der Waals surface area contributed by atoms with Crippen molar-refractivity contribution in [2.24, 2.45) is 5.41 Å². The molecule has 2 aromatic carbocycles. The van der Waals surface area contributed by atoms with E-state index in [1.54, 1.807) is 24.3 Å². The molecule has 0 unspecified atom stereocenters. The lowest BCUT2D eigenvalue weighted by Gasteiger charge is -2.18. The Kier molecular flexibility index (Phi) is 4.84. The third-order valence-electron chi connectivity index (χ3n) is 3.37. The standard InChI is InChI=1S/C19H22N2O2/c1-13-8-10-15(11-9-13)20-17(22)14-6-5-7-16(12-14)21-18(23)19(2,3)4/h5-12H,1-4H3,(H,20,22)(H,21,23). The number of nitrogens with one attached hydrogen (secondary N) is 2. The van der Waals surface area contributed by atoms with Gasteiger partial charge in [-0.2, -0.15) is 0 Å². The quantitative estimate of drug-likeness (QED) is 0.891. The molecule has 0 aliphatic rings. The molecule has 0 radical (unpaired) electrons. The average molecular weight is 310 g/mol. The third-order valence-corrected chi connectivity index (χ3v) is 3.37. The molecule has 0 atom stereocenters. The number of anilines is 2. The van der Waals surface area contributed by atoms with Gasteiger partial charge >= 0.3 is 0 Å². The largest absolute Gasteiger partial charge is 0.326 e. The molecular weight excluding hydrogens is 288 g/mol. The first kappa shape index (κ1) is 16.7. The highest BCUT2D eigenvalue weighted by Crippen LogP contribution is 2.19. The van der Waals surface area contributed by atoms with Crippen molar-refractivity contribution in [2.75, 3.05) is 10.6 Å². The minimum absolute atomic E-state index is 0.0893. The summed E-state index contributed by atoms with van der Waals surface area (Å²) >= 11 is 0. The van der Waals surface area contributed by atoms with Gasteiger partial charge in [0, 0.05) is 22.4 Å². The zero-order valence-electron chi connectivity index (χ0n) is 13.9. The Morgan fingerprint density at radius 3 is 2.13 bits per heavy atom. The van der Waals surface area contributed by atoms with Gasteiger partial charge in [-0.3, -0.25) is 9.59 Å². The fraction of sp³-hybridized carbons (Fsp3) is 0.263. The van der Waals surface area contributed by atoms with Gasteiger partial charge in [-0.25, -0.2) is 0 Å². The van der Waals surface area contributed by atoms with Gasteiger partial charge in [-0.05, 0) is 37.3 Å². The lowest BCUT2D eigenvalue weighted by Crippen LogP contribution is -2.27. The first-order chi connectivity index (χ1) is 10.8. The second-order valence-electron chi connectivity index (χ2n) is 6.61. The van der Waals surface area contributed by atoms with E-state index in [9.17, 15) is 9.59 Å². The van der Waals surface area contributed by atoms with Crippen molar-refractivity contribution in [3.63, 3.8) is 0 Å². The summed E-state index contributed by atoms with van der Waals surface area (Å²) in [5.74, 6) is -0.297. The van der Waals surface area contributed by atoms with E-state index in [2.05, 4.69) is 10.6 Å². The molecule has 0 bridgehead atoms. The van der Waals surface area contributed by atoms with Crippen LogP contribution in [0.2, 0.25) is 0 Å². The summed E-state index contributed by atoms with van der Waals surface area (Å²) in [6.45, 7) is 7.52. The zero-order valence-corrected chi connectivity index (χ0v) is 13.9. The Hall–Kier alpha value is -2.62. The summed E-state index contributed by atoms with van der Waals surface area (Å²) in [4.78, 5) is 24.3. The van der Waals surface area contributed by atoms with Gasteiger partial charge in [0.1, 0.15) is 0 Å². The number of amides is 2. The van der Waals surface area contributed by atoms with E-state index in [1.807, 2.05) is 52.0 Å². The van der Waals surface area contributed by atoms with E-state index in [-0.39, 0.29) is 11.8 Å². The van der Waals surface area contributed by atoms with Crippen LogP contribution in [-0.4, -0.2) is 11.8 Å². The molecule has 2 amide bonds. The van der Waals surface area contributed by atoms with E-state index in [0.29, 0.717) is 11.3 Å². The Morgan fingerprint density at radius 2 is 1.52 bits per heavy atom. The molecule has 0 saturated heterocycles. The molecule has 2 rings (SSSR count). The van der Waals surface area contributed by atoms with Gasteiger partial charge in [-0.15, -0.1) is 0 Å². The maximum Gasteiger partial charge on any atom is 0.255 e. The summed E-state index contributed by atoms with van der Waals surface area (Å²) in [7, 11) is 0. The van der Waals surface area contributed by atoms with Crippen LogP contribution in [0.3, 0.4) is 0 Å². The van der Waals surface area contributed by atoms with Crippen LogP contribution in [0.1, 0.15) is 36.7 Å². The van der Waals surface area contributed by atoms with Crippen LogP contribution < -0.4 is 10.6 Å². The highest BCUT2D eigenvalue weighted by atomic mass is 16.2. The molecule has 0 aliphatic carbocycles. The molecule has 4 heteroatoms. The topological polar surface area (TPSA) is 58.2 Å². The second kappa shape index (κ2) is 6.65. The number of hydrogen-bond acceptors (Lipinski definition) is 2. The molecule has 2 N–H and O–H groups in total. The van der Waals surface area contributed by atoms with Crippen molar-refractivity contribution in [2.45, 2.75) is 27.7 Å².